The van der Waals surface area contributed by atoms with E-state index in [4.69, 9.17) is 14.2 Å². The van der Waals surface area contributed by atoms with Crippen LogP contribution in [0.2, 0.25) is 0 Å². The van der Waals surface area contributed by atoms with E-state index in [0.29, 0.717) is 38.7 Å². The fourth-order valence-electron chi connectivity index (χ4n) is 4.85. The normalized spacial score (nSPS) is 17.3. The van der Waals surface area contributed by atoms with Crippen molar-refractivity contribution in [2.24, 2.45) is 0 Å². The molecule has 3 aromatic carbocycles. The van der Waals surface area contributed by atoms with Crippen LogP contribution in [0.3, 0.4) is 0 Å². The van der Waals surface area contributed by atoms with Crippen LogP contribution in [0.15, 0.2) is 36.4 Å². The Morgan fingerprint density at radius 1 is 0.641 bits per heavy atom. The fourth-order valence-corrected chi connectivity index (χ4v) is 4.85. The minimum absolute atomic E-state index is 0.0685. The predicted molar refractivity (Wildman–Crippen MR) is 135 cm³/mol. The number of ether oxygens (including phenoxy) is 3. The smallest absolute Gasteiger partial charge is 0.201 e. The minimum atomic E-state index is -1.33. The van der Waals surface area contributed by atoms with Crippen molar-refractivity contribution in [2.45, 2.75) is 64.6 Å². The Kier molecular flexibility index (Phi) is 9.43. The van der Waals surface area contributed by atoms with E-state index in [1.807, 2.05) is 6.92 Å². The summed E-state index contributed by atoms with van der Waals surface area (Å²) in [6, 6.07) is 7.74. The lowest BCUT2D eigenvalue weighted by Gasteiger charge is -2.29. The van der Waals surface area contributed by atoms with E-state index >= 15 is 0 Å². The van der Waals surface area contributed by atoms with Gasteiger partial charge in [-0.15, -0.1) is 0 Å². The molecule has 1 saturated carbocycles. The molecule has 1 aliphatic rings. The summed E-state index contributed by atoms with van der Waals surface area (Å²) in [7, 11) is 0. The van der Waals surface area contributed by atoms with Gasteiger partial charge in [-0.05, 0) is 68.7 Å². The third-order valence-electron chi connectivity index (χ3n) is 6.93. The molecule has 39 heavy (non-hydrogen) atoms. The molecule has 210 valence electrons. The van der Waals surface area contributed by atoms with Crippen LogP contribution in [0.1, 0.15) is 63.0 Å². The molecule has 1 fully saturated rings. The first-order chi connectivity index (χ1) is 18.8. The zero-order valence-electron chi connectivity index (χ0n) is 21.8. The van der Waals surface area contributed by atoms with Gasteiger partial charge in [0.25, 0.3) is 0 Å². The van der Waals surface area contributed by atoms with Crippen LogP contribution in [0.25, 0.3) is 11.1 Å². The van der Waals surface area contributed by atoms with Gasteiger partial charge in [0, 0.05) is 16.7 Å². The summed E-state index contributed by atoms with van der Waals surface area (Å²) in [5.41, 5.74) is -0.624. The topological polar surface area (TPSA) is 27.7 Å². The van der Waals surface area contributed by atoms with Crippen LogP contribution in [-0.2, 0) is 11.3 Å². The summed E-state index contributed by atoms with van der Waals surface area (Å²) < 4.78 is 104. The number of rotatable bonds is 10. The SMILES string of the molecule is CCCOc1ccc(C2CCC(OCc3ccc(-c4ccc(OCC)c(F)c4F)c(F)c3F)CC2)c(F)c1F. The second-order valence-corrected chi connectivity index (χ2v) is 9.49. The van der Waals surface area contributed by atoms with Gasteiger partial charge in [0.1, 0.15) is 0 Å². The quantitative estimate of drug-likeness (QED) is 0.236. The molecular formula is C30H30F6O3. The Balaban J connectivity index is 1.38. The first-order valence-electron chi connectivity index (χ1n) is 13.1. The molecule has 0 heterocycles. The zero-order chi connectivity index (χ0) is 28.1. The molecular weight excluding hydrogens is 522 g/mol. The average Bonchev–Trinajstić information content (AvgIpc) is 2.94. The van der Waals surface area contributed by atoms with Crippen molar-refractivity contribution < 1.29 is 40.6 Å². The van der Waals surface area contributed by atoms with Gasteiger partial charge in [-0.25, -0.2) is 17.6 Å². The first kappa shape index (κ1) is 28.8. The van der Waals surface area contributed by atoms with E-state index in [1.165, 1.54) is 18.2 Å². The van der Waals surface area contributed by atoms with Crippen LogP contribution in [0.5, 0.6) is 11.5 Å². The highest BCUT2D eigenvalue weighted by molar-refractivity contribution is 5.66. The number of hydrogen-bond acceptors (Lipinski definition) is 3. The second-order valence-electron chi connectivity index (χ2n) is 9.49. The van der Waals surface area contributed by atoms with Gasteiger partial charge in [-0.2, -0.15) is 8.78 Å². The van der Waals surface area contributed by atoms with Gasteiger partial charge < -0.3 is 14.2 Å². The molecule has 9 heteroatoms. The molecule has 0 aliphatic heterocycles. The minimum Gasteiger partial charge on any atom is -0.491 e. The monoisotopic (exact) mass is 552 g/mol. The van der Waals surface area contributed by atoms with Crippen LogP contribution in [-0.4, -0.2) is 19.3 Å². The number of halogens is 6. The predicted octanol–water partition coefficient (Wildman–Crippen LogP) is 8.62. The number of hydrogen-bond donors (Lipinski definition) is 0. The highest BCUT2D eigenvalue weighted by Gasteiger charge is 2.28. The van der Waals surface area contributed by atoms with E-state index in [-0.39, 0.29) is 47.9 Å². The Morgan fingerprint density at radius 2 is 1.23 bits per heavy atom. The lowest BCUT2D eigenvalue weighted by Crippen LogP contribution is -2.21. The molecule has 0 bridgehead atoms. The maximum absolute atomic E-state index is 14.9. The van der Waals surface area contributed by atoms with Crippen LogP contribution in [0, 0.1) is 34.9 Å². The van der Waals surface area contributed by atoms with Gasteiger partial charge in [-0.1, -0.05) is 25.1 Å². The molecule has 3 aromatic rings. The maximum atomic E-state index is 14.9. The Morgan fingerprint density at radius 3 is 1.90 bits per heavy atom. The van der Waals surface area contributed by atoms with E-state index in [1.54, 1.807) is 13.0 Å². The fraction of sp³-hybridized carbons (Fsp3) is 0.400. The van der Waals surface area contributed by atoms with Crippen LogP contribution >= 0.6 is 0 Å². The molecule has 3 nitrogen and oxygen atoms in total. The van der Waals surface area contributed by atoms with E-state index < -0.39 is 46.0 Å². The van der Waals surface area contributed by atoms with Gasteiger partial charge >= 0.3 is 0 Å². The molecule has 0 saturated heterocycles. The summed E-state index contributed by atoms with van der Waals surface area (Å²) in [5.74, 6) is -7.65. The van der Waals surface area contributed by atoms with E-state index in [2.05, 4.69) is 0 Å². The van der Waals surface area contributed by atoms with Crippen molar-refractivity contribution in [1.29, 1.82) is 0 Å². The molecule has 0 unspecified atom stereocenters. The third-order valence-corrected chi connectivity index (χ3v) is 6.93. The summed E-state index contributed by atoms with van der Waals surface area (Å²) in [6.45, 7) is 3.66. The van der Waals surface area contributed by atoms with Crippen molar-refractivity contribution >= 4 is 0 Å². The highest BCUT2D eigenvalue weighted by atomic mass is 19.2. The lowest BCUT2D eigenvalue weighted by atomic mass is 9.82. The standard InChI is InChI=1S/C30H30F6O3/c1-3-15-38-24-13-11-20(26(32)30(24)36)17-5-8-19(9-6-17)39-16-18-7-10-21(27(33)25(18)31)22-12-14-23(37-4-2)29(35)28(22)34/h7,10-14,17,19H,3-6,8-9,15-16H2,1-2H3. The molecule has 1 aliphatic carbocycles. The summed E-state index contributed by atoms with van der Waals surface area (Å²) >= 11 is 0. The van der Waals surface area contributed by atoms with Crippen molar-refractivity contribution in [1.82, 2.24) is 0 Å². The van der Waals surface area contributed by atoms with Crippen molar-refractivity contribution in [3.63, 3.8) is 0 Å². The zero-order valence-corrected chi connectivity index (χ0v) is 21.8. The van der Waals surface area contributed by atoms with Gasteiger partial charge in [0.2, 0.25) is 11.6 Å². The van der Waals surface area contributed by atoms with Gasteiger partial charge in [0.05, 0.1) is 25.9 Å². The largest absolute Gasteiger partial charge is 0.491 e. The molecule has 0 N–H and O–H groups in total. The molecule has 4 rings (SSSR count). The summed E-state index contributed by atoms with van der Waals surface area (Å²) in [4.78, 5) is 0. The molecule has 0 amide bonds. The second kappa shape index (κ2) is 12.8. The molecule has 0 spiro atoms. The molecule has 0 aromatic heterocycles. The van der Waals surface area contributed by atoms with Gasteiger partial charge in [-0.3, -0.25) is 0 Å². The van der Waals surface area contributed by atoms with Crippen molar-refractivity contribution in [3.8, 4) is 22.6 Å². The Labute approximate surface area is 223 Å². The summed E-state index contributed by atoms with van der Waals surface area (Å²) in [6.07, 6.45) is 2.52. The summed E-state index contributed by atoms with van der Waals surface area (Å²) in [5, 5.41) is 0. The van der Waals surface area contributed by atoms with E-state index in [0.717, 1.165) is 12.1 Å². The third kappa shape index (κ3) is 6.19. The number of benzene rings is 3. The first-order valence-corrected chi connectivity index (χ1v) is 13.1. The molecule has 0 atom stereocenters. The van der Waals surface area contributed by atoms with Crippen molar-refractivity contribution in [2.75, 3.05) is 13.2 Å². The van der Waals surface area contributed by atoms with Crippen molar-refractivity contribution in [3.05, 3.63) is 82.4 Å². The Hall–Kier alpha value is -3.20. The van der Waals surface area contributed by atoms with Crippen LogP contribution in [0.4, 0.5) is 26.3 Å². The van der Waals surface area contributed by atoms with E-state index in [9.17, 15) is 26.3 Å². The average molecular weight is 553 g/mol. The Bertz CT molecular complexity index is 1300. The van der Waals surface area contributed by atoms with Crippen LogP contribution < -0.4 is 9.47 Å². The maximum Gasteiger partial charge on any atom is 0.201 e. The highest BCUT2D eigenvalue weighted by Crippen LogP contribution is 2.38. The molecule has 0 radical (unpaired) electrons. The van der Waals surface area contributed by atoms with Gasteiger partial charge in [0.15, 0.2) is 34.8 Å². The lowest BCUT2D eigenvalue weighted by molar-refractivity contribution is 0.0116.